The number of allylic oxidation sites excluding steroid dienone is 4. The first-order chi connectivity index (χ1) is 13.5. The van der Waals surface area contributed by atoms with Crippen LogP contribution in [0.25, 0.3) is 0 Å². The van der Waals surface area contributed by atoms with Gasteiger partial charge in [0.15, 0.2) is 0 Å². The molecule has 0 amide bonds. The van der Waals surface area contributed by atoms with Crippen molar-refractivity contribution in [3.05, 3.63) is 22.3 Å². The van der Waals surface area contributed by atoms with E-state index in [9.17, 15) is 0 Å². The summed E-state index contributed by atoms with van der Waals surface area (Å²) in [6, 6.07) is 0. The van der Waals surface area contributed by atoms with Gasteiger partial charge in [-0.15, -0.1) is 0 Å². The Labute approximate surface area is 206 Å². The van der Waals surface area contributed by atoms with E-state index in [-0.39, 0.29) is 4.25 Å². The SMILES string of the molecule is CC1=C(C)[C](C)(/[Ge](=[N]\N=[C](\[Si](C)(C)C)[Sn]([CH3])([CH3])[CH3])[CH]([Si](C)(C)C)[Si](C)(C)C)C(C)=C1C. The van der Waals surface area contributed by atoms with Crippen LogP contribution in [0.5, 0.6) is 0 Å². The molecule has 0 aromatic rings. The van der Waals surface area contributed by atoms with E-state index in [1.54, 1.807) is 14.5 Å². The normalized spacial score (nSPS) is 19.8. The minimum atomic E-state index is -2.31. The van der Waals surface area contributed by atoms with Crippen molar-refractivity contribution in [2.75, 3.05) is 0 Å². The van der Waals surface area contributed by atoms with Crippen molar-refractivity contribution in [2.24, 2.45) is 9.11 Å². The Morgan fingerprint density at radius 1 is 0.774 bits per heavy atom. The molecule has 0 unspecified atom stereocenters. The fraction of sp³-hybridized carbons (Fsp3) is 0.792. The summed E-state index contributed by atoms with van der Waals surface area (Å²) in [5.74, 6) is 0. The fourth-order valence-corrected chi connectivity index (χ4v) is 60.4. The summed E-state index contributed by atoms with van der Waals surface area (Å²) in [7, 11) is -4.29. The molecule has 0 spiro atoms. The van der Waals surface area contributed by atoms with Crippen LogP contribution in [0.3, 0.4) is 0 Å². The Balaban J connectivity index is 4.09. The fourth-order valence-electron chi connectivity index (χ4n) is 6.07. The number of rotatable bonds is 7. The first-order valence-corrected chi connectivity index (χ1v) is 35.9. The summed E-state index contributed by atoms with van der Waals surface area (Å²) < 4.78 is 8.25. The summed E-state index contributed by atoms with van der Waals surface area (Å²) in [5.41, 5.74) is 6.25. The van der Waals surface area contributed by atoms with Crippen LogP contribution in [0.1, 0.15) is 34.6 Å². The van der Waals surface area contributed by atoms with Gasteiger partial charge in [-0.05, 0) is 0 Å². The molecule has 1 aliphatic carbocycles. The van der Waals surface area contributed by atoms with E-state index >= 15 is 0 Å². The summed E-state index contributed by atoms with van der Waals surface area (Å²) >= 11 is -4.35. The van der Waals surface area contributed by atoms with E-state index < -0.39 is 56.8 Å². The van der Waals surface area contributed by atoms with Crippen molar-refractivity contribution in [3.63, 3.8) is 0 Å². The molecule has 0 heterocycles. The molecule has 31 heavy (non-hydrogen) atoms. The monoisotopic (exact) mass is 646 g/mol. The molecular weight excluding hydrogens is 592 g/mol. The van der Waals surface area contributed by atoms with Crippen molar-refractivity contribution in [3.8, 4) is 0 Å². The van der Waals surface area contributed by atoms with Gasteiger partial charge in [0.05, 0.1) is 0 Å². The Morgan fingerprint density at radius 2 is 1.13 bits per heavy atom. The van der Waals surface area contributed by atoms with Crippen LogP contribution in [0.4, 0.5) is 0 Å². The van der Waals surface area contributed by atoms with E-state index in [2.05, 4.69) is 108 Å². The van der Waals surface area contributed by atoms with E-state index in [0.29, 0.717) is 0 Å². The van der Waals surface area contributed by atoms with E-state index in [4.69, 9.17) is 9.11 Å². The van der Waals surface area contributed by atoms with Gasteiger partial charge < -0.3 is 0 Å². The van der Waals surface area contributed by atoms with Gasteiger partial charge in [0, 0.05) is 0 Å². The van der Waals surface area contributed by atoms with Crippen LogP contribution < -0.4 is 0 Å². The van der Waals surface area contributed by atoms with Gasteiger partial charge in [0.2, 0.25) is 0 Å². The number of hydrogen-bond donors (Lipinski definition) is 0. The van der Waals surface area contributed by atoms with E-state index in [1.165, 1.54) is 11.1 Å². The van der Waals surface area contributed by atoms with Crippen LogP contribution in [0.2, 0.25) is 82.0 Å². The molecule has 0 bridgehead atoms. The van der Waals surface area contributed by atoms with Gasteiger partial charge in [0.1, 0.15) is 0 Å². The molecule has 0 radical (unpaired) electrons. The molecule has 0 saturated heterocycles. The molecule has 0 N–H and O–H groups in total. The van der Waals surface area contributed by atoms with Crippen LogP contribution in [0.15, 0.2) is 31.4 Å². The maximum atomic E-state index is 5.66. The van der Waals surface area contributed by atoms with Crippen molar-refractivity contribution >= 4 is 60.1 Å². The van der Waals surface area contributed by atoms with Crippen molar-refractivity contribution < 1.29 is 0 Å². The van der Waals surface area contributed by atoms with Gasteiger partial charge in [0.25, 0.3) is 0 Å². The van der Waals surface area contributed by atoms with Crippen molar-refractivity contribution in [1.29, 1.82) is 0 Å². The van der Waals surface area contributed by atoms with Crippen molar-refractivity contribution in [2.45, 2.75) is 117 Å². The minimum absolute atomic E-state index is 0.154. The third-order valence-electron chi connectivity index (χ3n) is 7.38. The molecule has 0 aliphatic heterocycles. The zero-order chi connectivity index (χ0) is 25.0. The molecule has 1 rings (SSSR count). The molecular formula is C24H52GeN2Si3Sn. The summed E-state index contributed by atoms with van der Waals surface area (Å²) in [4.78, 5) is 7.62. The average molecular weight is 644 g/mol. The molecule has 0 aromatic carbocycles. The van der Waals surface area contributed by atoms with Gasteiger partial charge in [-0.25, -0.2) is 0 Å². The molecule has 0 fully saturated rings. The van der Waals surface area contributed by atoms with Gasteiger partial charge >= 0.3 is 208 Å². The molecule has 0 saturated carbocycles. The molecule has 178 valence electrons. The predicted octanol–water partition coefficient (Wildman–Crippen LogP) is 8.93. The maximum absolute atomic E-state index is 5.66. The van der Waals surface area contributed by atoms with Gasteiger partial charge in [-0.2, -0.15) is 0 Å². The Hall–Kier alpha value is 0.942. The number of nitrogens with zero attached hydrogens (tertiary/aromatic N) is 2. The Kier molecular flexibility index (Phi) is 9.22. The molecule has 0 atom stereocenters. The average Bonchev–Trinajstić information content (AvgIpc) is 2.65. The van der Waals surface area contributed by atoms with Crippen LogP contribution in [-0.4, -0.2) is 60.1 Å². The van der Waals surface area contributed by atoms with Crippen LogP contribution in [-0.2, 0) is 0 Å². The van der Waals surface area contributed by atoms with Crippen LogP contribution >= 0.6 is 0 Å². The Bertz CT molecular complexity index is 788. The zero-order valence-electron chi connectivity index (χ0n) is 24.0. The van der Waals surface area contributed by atoms with Gasteiger partial charge in [-0.1, -0.05) is 0 Å². The zero-order valence-corrected chi connectivity index (χ0v) is 31.9. The molecule has 2 nitrogen and oxygen atoms in total. The second-order valence-electron chi connectivity index (χ2n) is 14.2. The number of hydrogen-bond acceptors (Lipinski definition) is 2. The van der Waals surface area contributed by atoms with Gasteiger partial charge in [-0.3, -0.25) is 0 Å². The molecule has 1 aliphatic rings. The quantitative estimate of drug-likeness (QED) is 0.150. The van der Waals surface area contributed by atoms with E-state index in [1.807, 2.05) is 0 Å². The Morgan fingerprint density at radius 3 is 1.39 bits per heavy atom. The standard InChI is InChI=1S/C21H43GeN2Si3.3CH3.Sn/c1-16-17(2)19(4)21(5,18(16)3)22(24-23-15-25(6,7)8)20(26(9,10)11)27(12,13)14;;;;/h20H,1-14H3;3*1H3;/b23-15?,24-22-;;;;. The molecule has 0 aromatic heterocycles. The third kappa shape index (κ3) is 6.34. The predicted molar refractivity (Wildman–Crippen MR) is 158 cm³/mol. The summed E-state index contributed by atoms with van der Waals surface area (Å²) in [5, 5.41) is 5.39. The second-order valence-corrected chi connectivity index (χ2v) is 53.8. The molecule has 7 heteroatoms. The summed E-state index contributed by atoms with van der Waals surface area (Å²) in [6.07, 6.45) is 0. The van der Waals surface area contributed by atoms with Crippen LogP contribution in [0, 0.1) is 0 Å². The first-order valence-electron chi connectivity index (χ1n) is 12.0. The topological polar surface area (TPSA) is 24.7 Å². The summed E-state index contributed by atoms with van der Waals surface area (Å²) in [6.45, 7) is 35.2. The van der Waals surface area contributed by atoms with Crippen molar-refractivity contribution in [1.82, 2.24) is 0 Å². The van der Waals surface area contributed by atoms with E-state index in [0.717, 1.165) is 4.00 Å². The first kappa shape index (κ1) is 30.0. The second kappa shape index (κ2) is 9.53. The third-order valence-corrected chi connectivity index (χ3v) is 52.6.